The Balaban J connectivity index is 1.44. The molecular weight excluding hydrogens is 304 g/mol. The van der Waals surface area contributed by atoms with Crippen LogP contribution in [0, 0.1) is 0 Å². The summed E-state index contributed by atoms with van der Waals surface area (Å²) < 4.78 is 5.52. The molecule has 2 N–H and O–H groups in total. The van der Waals surface area contributed by atoms with E-state index in [2.05, 4.69) is 20.5 Å². The van der Waals surface area contributed by atoms with Crippen LogP contribution in [0.25, 0.3) is 0 Å². The number of ether oxygens (including phenoxy) is 1. The first-order valence-electron chi connectivity index (χ1n) is 9.02. The van der Waals surface area contributed by atoms with E-state index in [1.807, 2.05) is 26.0 Å². The number of nitrogens with one attached hydrogen (secondary N) is 2. The van der Waals surface area contributed by atoms with Gasteiger partial charge in [0, 0.05) is 37.4 Å². The largest absolute Gasteiger partial charge is 0.475 e. The molecule has 1 aromatic rings. The first-order valence-corrected chi connectivity index (χ1v) is 9.02. The lowest BCUT2D eigenvalue weighted by Crippen LogP contribution is -2.49. The van der Waals surface area contributed by atoms with E-state index in [-0.39, 0.29) is 18.2 Å². The lowest BCUT2D eigenvalue weighted by molar-refractivity contribution is 0.179. The van der Waals surface area contributed by atoms with Crippen LogP contribution >= 0.6 is 0 Å². The van der Waals surface area contributed by atoms with Crippen molar-refractivity contribution in [3.63, 3.8) is 0 Å². The van der Waals surface area contributed by atoms with E-state index in [1.165, 1.54) is 25.8 Å². The van der Waals surface area contributed by atoms with Crippen LogP contribution in [-0.4, -0.2) is 47.2 Å². The van der Waals surface area contributed by atoms with Crippen LogP contribution in [-0.2, 0) is 6.54 Å². The van der Waals surface area contributed by atoms with Gasteiger partial charge in [0.2, 0.25) is 5.88 Å². The number of carbonyl (C=O) groups is 1. The molecule has 0 spiro atoms. The zero-order valence-corrected chi connectivity index (χ0v) is 14.6. The van der Waals surface area contributed by atoms with Crippen LogP contribution < -0.4 is 15.4 Å². The third-order valence-corrected chi connectivity index (χ3v) is 4.78. The normalized spacial score (nSPS) is 23.8. The van der Waals surface area contributed by atoms with Gasteiger partial charge in [0.05, 0.1) is 6.10 Å². The standard InChI is InChI=1S/C18H28N4O2/c1-13(2)24-17-7-6-14(11-19-17)12-20-18(23)21-15-8-10-22-9-4-3-5-16(15)22/h6-7,11,13,15-16H,3-5,8-10,12H2,1-2H3,(H2,20,21,23)/t15-,16-/m1/s1. The van der Waals surface area contributed by atoms with Crippen molar-refractivity contribution < 1.29 is 9.53 Å². The predicted octanol–water partition coefficient (Wildman–Crippen LogP) is 2.29. The number of carbonyl (C=O) groups excluding carboxylic acids is 1. The van der Waals surface area contributed by atoms with Gasteiger partial charge in [-0.15, -0.1) is 0 Å². The third kappa shape index (κ3) is 4.38. The van der Waals surface area contributed by atoms with Crippen LogP contribution in [0.4, 0.5) is 4.79 Å². The first-order chi connectivity index (χ1) is 11.6. The zero-order valence-electron chi connectivity index (χ0n) is 14.6. The van der Waals surface area contributed by atoms with Crippen LogP contribution in [0.15, 0.2) is 18.3 Å². The quantitative estimate of drug-likeness (QED) is 0.868. The summed E-state index contributed by atoms with van der Waals surface area (Å²) in [4.78, 5) is 18.9. The van der Waals surface area contributed by atoms with Crippen molar-refractivity contribution in [1.82, 2.24) is 20.5 Å². The minimum absolute atomic E-state index is 0.0880. The molecule has 2 atom stereocenters. The molecule has 0 aliphatic carbocycles. The van der Waals surface area contributed by atoms with E-state index in [4.69, 9.17) is 4.74 Å². The van der Waals surface area contributed by atoms with Gasteiger partial charge in [-0.05, 0) is 45.2 Å². The molecule has 24 heavy (non-hydrogen) atoms. The van der Waals surface area contributed by atoms with Crippen molar-refractivity contribution in [2.24, 2.45) is 0 Å². The van der Waals surface area contributed by atoms with Crippen LogP contribution in [0.2, 0.25) is 0 Å². The second-order valence-electron chi connectivity index (χ2n) is 6.99. The number of nitrogens with zero attached hydrogens (tertiary/aromatic N) is 2. The molecule has 0 unspecified atom stereocenters. The summed E-state index contributed by atoms with van der Waals surface area (Å²) in [6.45, 7) is 6.70. The molecule has 2 aliphatic heterocycles. The van der Waals surface area contributed by atoms with Gasteiger partial charge in [0.15, 0.2) is 0 Å². The van der Waals surface area contributed by atoms with E-state index < -0.39 is 0 Å². The number of amides is 2. The monoisotopic (exact) mass is 332 g/mol. The molecule has 0 saturated carbocycles. The molecule has 2 saturated heterocycles. The summed E-state index contributed by atoms with van der Waals surface area (Å²) in [6.07, 6.45) is 6.68. The van der Waals surface area contributed by atoms with E-state index in [0.29, 0.717) is 18.5 Å². The van der Waals surface area contributed by atoms with Gasteiger partial charge in [0.25, 0.3) is 0 Å². The Hall–Kier alpha value is -1.82. The highest BCUT2D eigenvalue weighted by Gasteiger charge is 2.36. The maximum absolute atomic E-state index is 12.2. The van der Waals surface area contributed by atoms with Crippen molar-refractivity contribution in [2.75, 3.05) is 13.1 Å². The minimum Gasteiger partial charge on any atom is -0.475 e. The molecular formula is C18H28N4O2. The lowest BCUT2D eigenvalue weighted by Gasteiger charge is -2.32. The maximum Gasteiger partial charge on any atom is 0.315 e. The van der Waals surface area contributed by atoms with Gasteiger partial charge in [0.1, 0.15) is 0 Å². The molecule has 3 rings (SSSR count). The number of fused-ring (bicyclic) bond motifs is 1. The number of piperidine rings is 1. The van der Waals surface area contributed by atoms with Crippen molar-refractivity contribution in [1.29, 1.82) is 0 Å². The third-order valence-electron chi connectivity index (χ3n) is 4.78. The van der Waals surface area contributed by atoms with E-state index in [9.17, 15) is 4.79 Å². The summed E-state index contributed by atoms with van der Waals surface area (Å²) in [5.74, 6) is 0.613. The van der Waals surface area contributed by atoms with Crippen molar-refractivity contribution in [2.45, 2.75) is 64.3 Å². The first kappa shape index (κ1) is 17.0. The fourth-order valence-corrected chi connectivity index (χ4v) is 3.64. The smallest absolute Gasteiger partial charge is 0.315 e. The second kappa shape index (κ2) is 7.83. The van der Waals surface area contributed by atoms with E-state index in [1.54, 1.807) is 6.20 Å². The number of hydrogen-bond donors (Lipinski definition) is 2. The van der Waals surface area contributed by atoms with Gasteiger partial charge in [-0.3, -0.25) is 4.90 Å². The van der Waals surface area contributed by atoms with Gasteiger partial charge in [-0.2, -0.15) is 0 Å². The Labute approximate surface area is 144 Å². The van der Waals surface area contributed by atoms with Crippen LogP contribution in [0.3, 0.4) is 0 Å². The summed E-state index contributed by atoms with van der Waals surface area (Å²) >= 11 is 0. The van der Waals surface area contributed by atoms with Gasteiger partial charge < -0.3 is 15.4 Å². The number of urea groups is 1. The molecule has 0 radical (unpaired) electrons. The Morgan fingerprint density at radius 1 is 1.33 bits per heavy atom. The van der Waals surface area contributed by atoms with E-state index in [0.717, 1.165) is 18.5 Å². The average Bonchev–Trinajstić information content (AvgIpc) is 2.97. The zero-order chi connectivity index (χ0) is 16.9. The maximum atomic E-state index is 12.2. The summed E-state index contributed by atoms with van der Waals surface area (Å²) in [5, 5.41) is 6.08. The van der Waals surface area contributed by atoms with Gasteiger partial charge in [-0.1, -0.05) is 12.5 Å². The average molecular weight is 332 g/mol. The summed E-state index contributed by atoms with van der Waals surface area (Å²) in [7, 11) is 0. The Morgan fingerprint density at radius 3 is 2.96 bits per heavy atom. The fourth-order valence-electron chi connectivity index (χ4n) is 3.64. The highest BCUT2D eigenvalue weighted by Crippen LogP contribution is 2.27. The van der Waals surface area contributed by atoms with Crippen LogP contribution in [0.1, 0.15) is 45.1 Å². The van der Waals surface area contributed by atoms with Gasteiger partial charge >= 0.3 is 6.03 Å². The topological polar surface area (TPSA) is 66.5 Å². The summed E-state index contributed by atoms with van der Waals surface area (Å²) in [6, 6.07) is 4.49. The predicted molar refractivity (Wildman–Crippen MR) is 93.0 cm³/mol. The molecule has 2 aliphatic rings. The second-order valence-corrected chi connectivity index (χ2v) is 6.99. The molecule has 6 heteroatoms. The van der Waals surface area contributed by atoms with Gasteiger partial charge in [-0.25, -0.2) is 9.78 Å². The van der Waals surface area contributed by atoms with Crippen LogP contribution in [0.5, 0.6) is 5.88 Å². The SMILES string of the molecule is CC(C)Oc1ccc(CNC(=O)N[C@@H]2CCN3CCCC[C@H]23)cn1. The number of hydrogen-bond acceptors (Lipinski definition) is 4. The number of pyridine rings is 1. The highest BCUT2D eigenvalue weighted by atomic mass is 16.5. The van der Waals surface area contributed by atoms with E-state index >= 15 is 0 Å². The minimum atomic E-state index is -0.0880. The highest BCUT2D eigenvalue weighted by molar-refractivity contribution is 5.74. The fraction of sp³-hybridized carbons (Fsp3) is 0.667. The Morgan fingerprint density at radius 2 is 2.21 bits per heavy atom. The lowest BCUT2D eigenvalue weighted by atomic mass is 9.99. The van der Waals surface area contributed by atoms with Crippen molar-refractivity contribution in [3.8, 4) is 5.88 Å². The molecule has 0 bridgehead atoms. The number of aromatic nitrogens is 1. The molecule has 0 aromatic carbocycles. The Bertz CT molecular complexity index is 546. The Kier molecular flexibility index (Phi) is 5.56. The molecule has 2 amide bonds. The molecule has 132 valence electrons. The molecule has 1 aromatic heterocycles. The molecule has 3 heterocycles. The molecule has 2 fully saturated rings. The number of rotatable bonds is 5. The van der Waals surface area contributed by atoms with Crippen molar-refractivity contribution >= 4 is 6.03 Å². The van der Waals surface area contributed by atoms with Crippen molar-refractivity contribution in [3.05, 3.63) is 23.9 Å². The summed E-state index contributed by atoms with van der Waals surface area (Å²) in [5.41, 5.74) is 0.965. The molecule has 6 nitrogen and oxygen atoms in total.